The summed E-state index contributed by atoms with van der Waals surface area (Å²) in [4.78, 5) is 22.4. The Morgan fingerprint density at radius 3 is 2.28 bits per heavy atom. The van der Waals surface area contributed by atoms with Gasteiger partial charge in [0.2, 0.25) is 0 Å². The molecule has 0 bridgehead atoms. The summed E-state index contributed by atoms with van der Waals surface area (Å²) in [5.74, 6) is -1.11. The summed E-state index contributed by atoms with van der Waals surface area (Å²) < 4.78 is 14.7. The number of carbonyl (C=O) groups excluding carboxylic acids is 1. The van der Waals surface area contributed by atoms with Crippen LogP contribution in [-0.4, -0.2) is 38.4 Å². The van der Waals surface area contributed by atoms with Crippen molar-refractivity contribution in [2.75, 3.05) is 21.3 Å². The zero-order valence-electron chi connectivity index (χ0n) is 10.4. The van der Waals surface area contributed by atoms with Crippen molar-refractivity contribution < 1.29 is 28.9 Å². The maximum absolute atomic E-state index is 11.3. The third kappa shape index (κ3) is 2.71. The molecule has 6 nitrogen and oxygen atoms in total. The number of hydrogen-bond donors (Lipinski definition) is 1. The number of benzene rings is 1. The Morgan fingerprint density at radius 1 is 1.17 bits per heavy atom. The topological polar surface area (TPSA) is 82.1 Å². The van der Waals surface area contributed by atoms with Crippen LogP contribution in [0.1, 0.15) is 15.9 Å². The van der Waals surface area contributed by atoms with E-state index in [2.05, 4.69) is 4.74 Å². The second-order valence-electron chi connectivity index (χ2n) is 3.39. The van der Waals surface area contributed by atoms with Crippen molar-refractivity contribution in [3.05, 3.63) is 23.3 Å². The number of rotatable bonds is 5. The molecule has 0 fully saturated rings. The molecular weight excluding hydrogens is 240 g/mol. The van der Waals surface area contributed by atoms with Crippen molar-refractivity contribution in [3.63, 3.8) is 0 Å². The second kappa shape index (κ2) is 5.90. The van der Waals surface area contributed by atoms with Gasteiger partial charge in [-0.15, -0.1) is 0 Å². The molecule has 0 aromatic heterocycles. The lowest BCUT2D eigenvalue weighted by molar-refractivity contribution is -0.139. The Morgan fingerprint density at radius 2 is 1.83 bits per heavy atom. The number of carbonyl (C=O) groups is 2. The van der Waals surface area contributed by atoms with Crippen LogP contribution in [0.5, 0.6) is 11.5 Å². The van der Waals surface area contributed by atoms with E-state index in [9.17, 15) is 9.59 Å². The number of aromatic carboxylic acids is 1. The molecule has 0 aliphatic rings. The summed E-state index contributed by atoms with van der Waals surface area (Å²) in [6.45, 7) is 0. The molecule has 1 aromatic rings. The van der Waals surface area contributed by atoms with E-state index in [1.807, 2.05) is 0 Å². The zero-order valence-corrected chi connectivity index (χ0v) is 10.4. The van der Waals surface area contributed by atoms with E-state index < -0.39 is 11.9 Å². The summed E-state index contributed by atoms with van der Waals surface area (Å²) in [5.41, 5.74) is 0.217. The zero-order chi connectivity index (χ0) is 13.7. The Labute approximate surface area is 104 Å². The van der Waals surface area contributed by atoms with E-state index in [0.29, 0.717) is 5.75 Å². The van der Waals surface area contributed by atoms with Gasteiger partial charge in [-0.1, -0.05) is 0 Å². The fourth-order valence-electron chi connectivity index (χ4n) is 1.58. The first-order chi connectivity index (χ1) is 8.54. The van der Waals surface area contributed by atoms with Crippen molar-refractivity contribution in [1.82, 2.24) is 0 Å². The molecule has 98 valence electrons. The van der Waals surface area contributed by atoms with E-state index in [-0.39, 0.29) is 23.3 Å². The monoisotopic (exact) mass is 254 g/mol. The lowest BCUT2D eigenvalue weighted by Gasteiger charge is -2.14. The smallest absolute Gasteiger partial charge is 0.336 e. The highest BCUT2D eigenvalue weighted by atomic mass is 16.5. The molecule has 0 atom stereocenters. The van der Waals surface area contributed by atoms with Crippen LogP contribution in [-0.2, 0) is 16.0 Å². The van der Waals surface area contributed by atoms with Gasteiger partial charge in [0, 0.05) is 5.56 Å². The van der Waals surface area contributed by atoms with Gasteiger partial charge in [0.25, 0.3) is 0 Å². The predicted octanol–water partition coefficient (Wildman–Crippen LogP) is 1.12. The molecule has 0 aliphatic heterocycles. The van der Waals surface area contributed by atoms with Gasteiger partial charge < -0.3 is 19.3 Å². The molecule has 0 amide bonds. The van der Waals surface area contributed by atoms with Crippen LogP contribution in [0.4, 0.5) is 0 Å². The Kier molecular flexibility index (Phi) is 4.53. The van der Waals surface area contributed by atoms with Crippen LogP contribution in [0.3, 0.4) is 0 Å². The molecule has 1 aromatic carbocycles. The van der Waals surface area contributed by atoms with Gasteiger partial charge in [-0.25, -0.2) is 4.79 Å². The summed E-state index contributed by atoms with van der Waals surface area (Å²) >= 11 is 0. The van der Waals surface area contributed by atoms with Gasteiger partial charge in [0.15, 0.2) is 11.5 Å². The van der Waals surface area contributed by atoms with E-state index >= 15 is 0 Å². The molecule has 0 heterocycles. The second-order valence-corrected chi connectivity index (χ2v) is 3.39. The fourth-order valence-corrected chi connectivity index (χ4v) is 1.58. The first-order valence-corrected chi connectivity index (χ1v) is 5.09. The van der Waals surface area contributed by atoms with Crippen molar-refractivity contribution in [2.24, 2.45) is 0 Å². The molecule has 1 rings (SSSR count). The van der Waals surface area contributed by atoms with E-state index in [1.165, 1.54) is 33.5 Å². The number of hydrogen-bond acceptors (Lipinski definition) is 5. The summed E-state index contributed by atoms with van der Waals surface area (Å²) in [6.07, 6.45) is -0.196. The average molecular weight is 254 g/mol. The van der Waals surface area contributed by atoms with Gasteiger partial charge in [-0.3, -0.25) is 4.79 Å². The number of carboxylic acids is 1. The molecule has 1 N–H and O–H groups in total. The van der Waals surface area contributed by atoms with Gasteiger partial charge in [0.05, 0.1) is 33.3 Å². The number of esters is 1. The van der Waals surface area contributed by atoms with Crippen LogP contribution >= 0.6 is 0 Å². The minimum Gasteiger partial charge on any atom is -0.493 e. The number of methoxy groups -OCH3 is 3. The van der Waals surface area contributed by atoms with E-state index in [1.54, 1.807) is 0 Å². The lowest BCUT2D eigenvalue weighted by Crippen LogP contribution is -2.12. The van der Waals surface area contributed by atoms with E-state index in [4.69, 9.17) is 14.6 Å². The molecular formula is C12H14O6. The summed E-state index contributed by atoms with van der Waals surface area (Å²) in [7, 11) is 4.04. The highest BCUT2D eigenvalue weighted by Crippen LogP contribution is 2.34. The Balaban J connectivity index is 3.38. The van der Waals surface area contributed by atoms with Crippen molar-refractivity contribution in [2.45, 2.75) is 6.42 Å². The van der Waals surface area contributed by atoms with Crippen molar-refractivity contribution >= 4 is 11.9 Å². The van der Waals surface area contributed by atoms with Gasteiger partial charge in [-0.05, 0) is 12.1 Å². The molecule has 0 spiro atoms. The standard InChI is InChI=1S/C12H14O6/c1-16-9-5-4-7(12(14)15)8(11(9)18-3)6-10(13)17-2/h4-5H,6H2,1-3H3,(H,14,15). The van der Waals surface area contributed by atoms with Crippen molar-refractivity contribution in [1.29, 1.82) is 0 Å². The van der Waals surface area contributed by atoms with Gasteiger partial charge in [0.1, 0.15) is 0 Å². The quantitative estimate of drug-likeness (QED) is 0.793. The van der Waals surface area contributed by atoms with Gasteiger partial charge in [-0.2, -0.15) is 0 Å². The highest BCUT2D eigenvalue weighted by Gasteiger charge is 2.21. The van der Waals surface area contributed by atoms with Crippen LogP contribution < -0.4 is 9.47 Å². The van der Waals surface area contributed by atoms with Crippen LogP contribution in [0.15, 0.2) is 12.1 Å². The van der Waals surface area contributed by atoms with Gasteiger partial charge >= 0.3 is 11.9 Å². The normalized spacial score (nSPS) is 9.72. The minimum atomic E-state index is -1.14. The predicted molar refractivity (Wildman–Crippen MR) is 62.2 cm³/mol. The number of ether oxygens (including phenoxy) is 3. The SMILES string of the molecule is COC(=O)Cc1c(C(=O)O)ccc(OC)c1OC. The summed E-state index contributed by atoms with van der Waals surface area (Å²) in [6, 6.07) is 2.84. The maximum Gasteiger partial charge on any atom is 0.336 e. The minimum absolute atomic E-state index is 0.0157. The van der Waals surface area contributed by atoms with Crippen LogP contribution in [0.25, 0.3) is 0 Å². The van der Waals surface area contributed by atoms with Crippen LogP contribution in [0, 0.1) is 0 Å². The Hall–Kier alpha value is -2.24. The third-order valence-corrected chi connectivity index (χ3v) is 2.43. The Bertz CT molecular complexity index is 466. The molecule has 0 aliphatic carbocycles. The largest absolute Gasteiger partial charge is 0.493 e. The highest BCUT2D eigenvalue weighted by molar-refractivity contribution is 5.92. The molecule has 6 heteroatoms. The van der Waals surface area contributed by atoms with E-state index in [0.717, 1.165) is 0 Å². The average Bonchev–Trinajstić information content (AvgIpc) is 2.37. The molecule has 18 heavy (non-hydrogen) atoms. The molecule has 0 radical (unpaired) electrons. The third-order valence-electron chi connectivity index (χ3n) is 2.43. The first kappa shape index (κ1) is 13.8. The first-order valence-electron chi connectivity index (χ1n) is 5.09. The fraction of sp³-hybridized carbons (Fsp3) is 0.333. The molecule has 0 saturated carbocycles. The number of carboxylic acid groups (broad SMARTS) is 1. The van der Waals surface area contributed by atoms with Crippen LogP contribution in [0.2, 0.25) is 0 Å². The maximum atomic E-state index is 11.3. The molecule has 0 saturated heterocycles. The lowest BCUT2D eigenvalue weighted by atomic mass is 10.0. The molecule has 0 unspecified atom stereocenters. The summed E-state index contributed by atoms with van der Waals surface area (Å²) in [5, 5.41) is 9.09. The van der Waals surface area contributed by atoms with Crippen molar-refractivity contribution in [3.8, 4) is 11.5 Å².